The fourth-order valence-electron chi connectivity index (χ4n) is 2.49. The Bertz CT molecular complexity index is 406. The molecule has 3 nitrogen and oxygen atoms in total. The van der Waals surface area contributed by atoms with Crippen molar-refractivity contribution in [3.8, 4) is 0 Å². The molecule has 1 saturated heterocycles. The first kappa shape index (κ1) is 14.3. The summed E-state index contributed by atoms with van der Waals surface area (Å²) in [6, 6.07) is 4.92. The number of pyridine rings is 1. The second-order valence-electron chi connectivity index (χ2n) is 6.12. The van der Waals surface area contributed by atoms with Crippen LogP contribution in [-0.2, 0) is 6.54 Å². The van der Waals surface area contributed by atoms with E-state index in [0.29, 0.717) is 6.04 Å². The molecule has 0 saturated carbocycles. The fraction of sp³-hybridized carbons (Fsp3) is 0.688. The molecule has 0 bridgehead atoms. The number of rotatable bonds is 4. The van der Waals surface area contributed by atoms with Crippen LogP contribution in [0.25, 0.3) is 0 Å². The molecule has 0 spiro atoms. The van der Waals surface area contributed by atoms with Crippen LogP contribution in [0.1, 0.15) is 44.9 Å². The molecular formula is C16H27N3. The first-order valence-corrected chi connectivity index (χ1v) is 7.51. The molecule has 0 amide bonds. The smallest absolute Gasteiger partial charge is 0.128 e. The summed E-state index contributed by atoms with van der Waals surface area (Å²) in [5.74, 6) is 2.02. The number of piperidine rings is 1. The predicted molar refractivity (Wildman–Crippen MR) is 81.6 cm³/mol. The van der Waals surface area contributed by atoms with Gasteiger partial charge in [0.2, 0.25) is 0 Å². The first-order chi connectivity index (χ1) is 9.06. The van der Waals surface area contributed by atoms with Crippen molar-refractivity contribution in [2.75, 3.05) is 18.0 Å². The van der Waals surface area contributed by atoms with Crippen molar-refractivity contribution >= 4 is 5.82 Å². The zero-order valence-electron chi connectivity index (χ0n) is 12.7. The van der Waals surface area contributed by atoms with Crippen molar-refractivity contribution in [3.63, 3.8) is 0 Å². The highest BCUT2D eigenvalue weighted by molar-refractivity contribution is 5.42. The van der Waals surface area contributed by atoms with Crippen LogP contribution >= 0.6 is 0 Å². The molecule has 1 aromatic heterocycles. The number of aryl methyl sites for hydroxylation is 1. The Morgan fingerprint density at radius 3 is 2.58 bits per heavy atom. The molecule has 1 aliphatic heterocycles. The third-order valence-electron chi connectivity index (χ3n) is 3.99. The van der Waals surface area contributed by atoms with Crippen LogP contribution in [0.4, 0.5) is 5.82 Å². The number of hydrogen-bond acceptors (Lipinski definition) is 3. The lowest BCUT2D eigenvalue weighted by Gasteiger charge is -2.31. The monoisotopic (exact) mass is 261 g/mol. The molecule has 1 aromatic rings. The Kier molecular flexibility index (Phi) is 4.81. The minimum absolute atomic E-state index is 0.516. The van der Waals surface area contributed by atoms with Crippen LogP contribution in [0, 0.1) is 12.8 Å². The molecule has 0 atom stereocenters. The number of anilines is 1. The van der Waals surface area contributed by atoms with E-state index in [0.717, 1.165) is 37.1 Å². The van der Waals surface area contributed by atoms with Crippen molar-refractivity contribution < 1.29 is 0 Å². The Hall–Kier alpha value is -1.09. The molecule has 106 valence electrons. The molecule has 1 fully saturated rings. The van der Waals surface area contributed by atoms with Gasteiger partial charge in [-0.15, -0.1) is 0 Å². The SMILES string of the molecule is Cc1nc(N2CCC(C)CC2)ccc1CNC(C)C. The van der Waals surface area contributed by atoms with E-state index in [-0.39, 0.29) is 0 Å². The summed E-state index contributed by atoms with van der Waals surface area (Å²) >= 11 is 0. The van der Waals surface area contributed by atoms with Crippen LogP contribution in [0.15, 0.2) is 12.1 Å². The van der Waals surface area contributed by atoms with Crippen LogP contribution < -0.4 is 10.2 Å². The largest absolute Gasteiger partial charge is 0.357 e. The molecule has 0 aliphatic carbocycles. The minimum Gasteiger partial charge on any atom is -0.357 e. The van der Waals surface area contributed by atoms with Gasteiger partial charge in [-0.05, 0) is 37.3 Å². The standard InChI is InChI=1S/C16H27N3/c1-12(2)17-11-15-5-6-16(18-14(15)4)19-9-7-13(3)8-10-19/h5-6,12-13,17H,7-11H2,1-4H3. The zero-order valence-corrected chi connectivity index (χ0v) is 12.7. The van der Waals surface area contributed by atoms with Gasteiger partial charge in [0, 0.05) is 31.4 Å². The van der Waals surface area contributed by atoms with Gasteiger partial charge in [0.25, 0.3) is 0 Å². The second kappa shape index (κ2) is 6.38. The van der Waals surface area contributed by atoms with Gasteiger partial charge in [-0.25, -0.2) is 4.98 Å². The molecule has 3 heteroatoms. The Balaban J connectivity index is 2.02. The summed E-state index contributed by atoms with van der Waals surface area (Å²) in [4.78, 5) is 7.21. The average molecular weight is 261 g/mol. The van der Waals surface area contributed by atoms with Crippen molar-refractivity contribution in [1.82, 2.24) is 10.3 Å². The molecule has 1 aliphatic rings. The van der Waals surface area contributed by atoms with Crippen LogP contribution in [0.5, 0.6) is 0 Å². The van der Waals surface area contributed by atoms with Crippen molar-refractivity contribution in [2.24, 2.45) is 5.92 Å². The highest BCUT2D eigenvalue weighted by atomic mass is 15.2. The predicted octanol–water partition coefficient (Wildman–Crippen LogP) is 3.12. The van der Waals surface area contributed by atoms with Crippen LogP contribution in [-0.4, -0.2) is 24.1 Å². The topological polar surface area (TPSA) is 28.2 Å². The van der Waals surface area contributed by atoms with Crippen LogP contribution in [0.2, 0.25) is 0 Å². The molecule has 0 unspecified atom stereocenters. The lowest BCUT2D eigenvalue weighted by Crippen LogP contribution is -2.33. The van der Waals surface area contributed by atoms with E-state index in [1.807, 2.05) is 0 Å². The maximum absolute atomic E-state index is 4.79. The van der Waals surface area contributed by atoms with E-state index in [9.17, 15) is 0 Å². The zero-order chi connectivity index (χ0) is 13.8. The molecule has 0 radical (unpaired) electrons. The molecule has 2 heterocycles. The average Bonchev–Trinajstić information content (AvgIpc) is 2.38. The second-order valence-corrected chi connectivity index (χ2v) is 6.12. The first-order valence-electron chi connectivity index (χ1n) is 7.51. The van der Waals surface area contributed by atoms with Gasteiger partial charge in [-0.2, -0.15) is 0 Å². The maximum Gasteiger partial charge on any atom is 0.128 e. The number of hydrogen-bond donors (Lipinski definition) is 1. The third kappa shape index (κ3) is 3.93. The van der Waals surface area contributed by atoms with E-state index < -0.39 is 0 Å². The van der Waals surface area contributed by atoms with Gasteiger partial charge in [0.05, 0.1) is 0 Å². The number of nitrogens with one attached hydrogen (secondary N) is 1. The Labute approximate surface area is 117 Å². The molecule has 1 N–H and O–H groups in total. The lowest BCUT2D eigenvalue weighted by atomic mass is 9.99. The summed E-state index contributed by atoms with van der Waals surface area (Å²) in [6.07, 6.45) is 2.58. The summed E-state index contributed by atoms with van der Waals surface area (Å²) < 4.78 is 0. The minimum atomic E-state index is 0.516. The van der Waals surface area contributed by atoms with Crippen molar-refractivity contribution in [3.05, 3.63) is 23.4 Å². The highest BCUT2D eigenvalue weighted by Gasteiger charge is 2.17. The van der Waals surface area contributed by atoms with E-state index in [4.69, 9.17) is 4.98 Å². The summed E-state index contributed by atoms with van der Waals surface area (Å²) in [5, 5.41) is 3.45. The quantitative estimate of drug-likeness (QED) is 0.902. The Morgan fingerprint density at radius 1 is 1.32 bits per heavy atom. The molecule has 19 heavy (non-hydrogen) atoms. The normalized spacial score (nSPS) is 17.2. The maximum atomic E-state index is 4.79. The van der Waals surface area contributed by atoms with Gasteiger partial charge < -0.3 is 10.2 Å². The highest BCUT2D eigenvalue weighted by Crippen LogP contribution is 2.22. The third-order valence-corrected chi connectivity index (χ3v) is 3.99. The molecule has 2 rings (SSSR count). The lowest BCUT2D eigenvalue weighted by molar-refractivity contribution is 0.436. The van der Waals surface area contributed by atoms with Gasteiger partial charge in [-0.3, -0.25) is 0 Å². The van der Waals surface area contributed by atoms with E-state index in [2.05, 4.69) is 50.0 Å². The summed E-state index contributed by atoms with van der Waals surface area (Å²) in [6.45, 7) is 12.0. The van der Waals surface area contributed by atoms with Crippen LogP contribution in [0.3, 0.4) is 0 Å². The van der Waals surface area contributed by atoms with E-state index in [1.165, 1.54) is 18.4 Å². The van der Waals surface area contributed by atoms with Crippen molar-refractivity contribution in [1.29, 1.82) is 0 Å². The number of nitrogens with zero attached hydrogens (tertiary/aromatic N) is 2. The van der Waals surface area contributed by atoms with Gasteiger partial charge in [-0.1, -0.05) is 26.8 Å². The summed E-state index contributed by atoms with van der Waals surface area (Å²) in [7, 11) is 0. The fourth-order valence-corrected chi connectivity index (χ4v) is 2.49. The van der Waals surface area contributed by atoms with E-state index >= 15 is 0 Å². The van der Waals surface area contributed by atoms with Gasteiger partial charge >= 0.3 is 0 Å². The van der Waals surface area contributed by atoms with E-state index in [1.54, 1.807) is 0 Å². The molecule has 0 aromatic carbocycles. The van der Waals surface area contributed by atoms with Gasteiger partial charge in [0.1, 0.15) is 5.82 Å². The Morgan fingerprint density at radius 2 is 2.00 bits per heavy atom. The van der Waals surface area contributed by atoms with Crippen molar-refractivity contribution in [2.45, 2.75) is 53.1 Å². The van der Waals surface area contributed by atoms with Gasteiger partial charge in [0.15, 0.2) is 0 Å². The number of aromatic nitrogens is 1. The molecular weight excluding hydrogens is 234 g/mol. The summed E-state index contributed by atoms with van der Waals surface area (Å²) in [5.41, 5.74) is 2.46.